The predicted molar refractivity (Wildman–Crippen MR) is 129 cm³/mol. The number of anilines is 1. The van der Waals surface area contributed by atoms with Gasteiger partial charge < -0.3 is 19.0 Å². The highest BCUT2D eigenvalue weighted by atomic mass is 35.5. The topological polar surface area (TPSA) is 80.1 Å². The fourth-order valence-corrected chi connectivity index (χ4v) is 5.21. The first-order valence-electron chi connectivity index (χ1n) is 11.2. The van der Waals surface area contributed by atoms with E-state index in [9.17, 15) is 14.4 Å². The number of fused-ring (bicyclic) bond motifs is 5. The minimum atomic E-state index is -1.63. The van der Waals surface area contributed by atoms with Gasteiger partial charge in [0.15, 0.2) is 11.0 Å². The molecular formula is C26H23ClN2O5. The number of benzene rings is 2. The monoisotopic (exact) mass is 478 g/mol. The van der Waals surface area contributed by atoms with Gasteiger partial charge in [-0.25, -0.2) is 0 Å². The van der Waals surface area contributed by atoms with Crippen molar-refractivity contribution >= 4 is 40.1 Å². The SMILES string of the molecule is C=CCN1C(=O)C2(c3ccccc31)c1c(oc3ccc(Cl)cc3c1=O)C(=O)N2CCCOCC. The van der Waals surface area contributed by atoms with Crippen LogP contribution in [0.25, 0.3) is 11.0 Å². The Morgan fingerprint density at radius 2 is 1.97 bits per heavy atom. The van der Waals surface area contributed by atoms with E-state index in [1.165, 1.54) is 11.0 Å². The Balaban J connectivity index is 1.82. The maximum Gasteiger partial charge on any atom is 0.291 e. The van der Waals surface area contributed by atoms with Crippen LogP contribution < -0.4 is 10.3 Å². The standard InChI is InChI=1S/C26H23ClN2O5/c1-3-12-28-19-9-6-5-8-18(19)26(25(28)32)21-22(30)17-15-16(27)10-11-20(17)34-23(21)24(31)29(26)13-7-14-33-4-2/h3,5-6,8-11,15H,1,4,7,12-14H2,2H3. The summed E-state index contributed by atoms with van der Waals surface area (Å²) >= 11 is 6.16. The van der Waals surface area contributed by atoms with E-state index in [0.717, 1.165) is 0 Å². The van der Waals surface area contributed by atoms with E-state index in [0.29, 0.717) is 35.9 Å². The van der Waals surface area contributed by atoms with Gasteiger partial charge in [0, 0.05) is 36.9 Å². The van der Waals surface area contributed by atoms with Crippen molar-refractivity contribution in [3.63, 3.8) is 0 Å². The van der Waals surface area contributed by atoms with E-state index in [4.69, 9.17) is 20.8 Å². The first kappa shape index (κ1) is 22.4. The maximum absolute atomic E-state index is 14.2. The Hall–Kier alpha value is -3.42. The number of rotatable bonds is 7. The van der Waals surface area contributed by atoms with Crippen molar-refractivity contribution < 1.29 is 18.7 Å². The molecule has 1 aromatic heterocycles. The van der Waals surface area contributed by atoms with E-state index >= 15 is 0 Å². The highest BCUT2D eigenvalue weighted by molar-refractivity contribution is 6.31. The third-order valence-corrected chi connectivity index (χ3v) is 6.62. The molecule has 2 aromatic carbocycles. The number of nitrogens with zero attached hydrogens (tertiary/aromatic N) is 2. The van der Waals surface area contributed by atoms with Gasteiger partial charge in [0.05, 0.1) is 16.6 Å². The molecule has 1 atom stereocenters. The molecule has 7 nitrogen and oxygen atoms in total. The molecule has 5 rings (SSSR count). The molecule has 34 heavy (non-hydrogen) atoms. The van der Waals surface area contributed by atoms with E-state index in [1.54, 1.807) is 35.2 Å². The molecule has 2 aliphatic heterocycles. The van der Waals surface area contributed by atoms with Gasteiger partial charge in [-0.1, -0.05) is 35.9 Å². The van der Waals surface area contributed by atoms with Crippen LogP contribution in [-0.4, -0.2) is 43.0 Å². The lowest BCUT2D eigenvalue weighted by atomic mass is 9.84. The van der Waals surface area contributed by atoms with Crippen molar-refractivity contribution in [3.8, 4) is 0 Å². The van der Waals surface area contributed by atoms with Crippen LogP contribution in [0.2, 0.25) is 5.02 Å². The molecule has 2 amide bonds. The first-order valence-corrected chi connectivity index (χ1v) is 11.5. The van der Waals surface area contributed by atoms with E-state index in [-0.39, 0.29) is 41.3 Å². The molecule has 0 fully saturated rings. The number of hydrogen-bond acceptors (Lipinski definition) is 5. The number of carbonyl (C=O) groups is 2. The van der Waals surface area contributed by atoms with E-state index in [2.05, 4.69) is 6.58 Å². The molecule has 3 aromatic rings. The molecular weight excluding hydrogens is 456 g/mol. The fourth-order valence-electron chi connectivity index (χ4n) is 5.04. The zero-order valence-corrected chi connectivity index (χ0v) is 19.4. The van der Waals surface area contributed by atoms with Crippen LogP contribution in [0.1, 0.15) is 35.0 Å². The van der Waals surface area contributed by atoms with Gasteiger partial charge >= 0.3 is 0 Å². The van der Waals surface area contributed by atoms with E-state index in [1.807, 2.05) is 19.1 Å². The van der Waals surface area contributed by atoms with Gasteiger partial charge in [0.1, 0.15) is 5.58 Å². The summed E-state index contributed by atoms with van der Waals surface area (Å²) in [6.07, 6.45) is 2.11. The maximum atomic E-state index is 14.2. The van der Waals surface area contributed by atoms with Crippen molar-refractivity contribution in [1.29, 1.82) is 0 Å². The minimum Gasteiger partial charge on any atom is -0.450 e. The Morgan fingerprint density at radius 1 is 1.18 bits per heavy atom. The van der Waals surface area contributed by atoms with Gasteiger partial charge in [0.25, 0.3) is 11.8 Å². The summed E-state index contributed by atoms with van der Waals surface area (Å²) in [7, 11) is 0. The lowest BCUT2D eigenvalue weighted by molar-refractivity contribution is -0.126. The third-order valence-electron chi connectivity index (χ3n) is 6.38. The summed E-state index contributed by atoms with van der Waals surface area (Å²) < 4.78 is 11.4. The van der Waals surface area contributed by atoms with Gasteiger partial charge in [-0.05, 0) is 37.6 Å². The van der Waals surface area contributed by atoms with Crippen molar-refractivity contribution in [1.82, 2.24) is 4.90 Å². The lowest BCUT2D eigenvalue weighted by Gasteiger charge is -2.34. The van der Waals surface area contributed by atoms with Crippen LogP contribution >= 0.6 is 11.6 Å². The van der Waals surface area contributed by atoms with Crippen LogP contribution in [0.5, 0.6) is 0 Å². The van der Waals surface area contributed by atoms with Crippen LogP contribution in [0.3, 0.4) is 0 Å². The summed E-state index contributed by atoms with van der Waals surface area (Å²) in [6, 6.07) is 11.9. The zero-order chi connectivity index (χ0) is 24.0. The number of carbonyl (C=O) groups excluding carboxylic acids is 2. The van der Waals surface area contributed by atoms with Crippen molar-refractivity contribution in [2.45, 2.75) is 18.9 Å². The Morgan fingerprint density at radius 3 is 2.74 bits per heavy atom. The highest BCUT2D eigenvalue weighted by Crippen LogP contribution is 2.52. The Labute approximate surface area is 201 Å². The second-order valence-electron chi connectivity index (χ2n) is 8.22. The quantitative estimate of drug-likeness (QED) is 0.377. The smallest absolute Gasteiger partial charge is 0.291 e. The molecule has 0 saturated carbocycles. The summed E-state index contributed by atoms with van der Waals surface area (Å²) in [5.41, 5.74) is -0.590. The molecule has 0 radical (unpaired) electrons. The fraction of sp³-hybridized carbons (Fsp3) is 0.269. The molecule has 0 bridgehead atoms. The molecule has 0 aliphatic carbocycles. The summed E-state index contributed by atoms with van der Waals surface area (Å²) in [4.78, 5) is 44.9. The summed E-state index contributed by atoms with van der Waals surface area (Å²) in [5.74, 6) is -0.991. The summed E-state index contributed by atoms with van der Waals surface area (Å²) in [6.45, 7) is 7.07. The Bertz CT molecular complexity index is 1400. The average Bonchev–Trinajstić information content (AvgIpc) is 3.23. The first-order chi connectivity index (χ1) is 16.5. The molecule has 8 heteroatoms. The molecule has 1 unspecified atom stereocenters. The minimum absolute atomic E-state index is 0.0349. The number of ether oxygens (including phenoxy) is 1. The third kappa shape index (κ3) is 2.97. The molecule has 2 aliphatic rings. The molecule has 1 spiro atoms. The van der Waals surface area contributed by atoms with Gasteiger partial charge in [-0.2, -0.15) is 0 Å². The second-order valence-corrected chi connectivity index (χ2v) is 8.65. The number of hydrogen-bond donors (Lipinski definition) is 0. The lowest BCUT2D eigenvalue weighted by Crippen LogP contribution is -2.53. The molecule has 0 saturated heterocycles. The van der Waals surface area contributed by atoms with Crippen molar-refractivity contribution in [2.75, 3.05) is 31.2 Å². The molecule has 3 heterocycles. The highest BCUT2D eigenvalue weighted by Gasteiger charge is 2.64. The molecule has 0 N–H and O–H groups in total. The normalized spacial score (nSPS) is 18.8. The van der Waals surface area contributed by atoms with Gasteiger partial charge in [0.2, 0.25) is 5.76 Å². The van der Waals surface area contributed by atoms with Crippen LogP contribution in [0.4, 0.5) is 5.69 Å². The van der Waals surface area contributed by atoms with Crippen molar-refractivity contribution in [3.05, 3.63) is 87.3 Å². The van der Waals surface area contributed by atoms with Crippen LogP contribution in [-0.2, 0) is 15.1 Å². The number of amides is 2. The molecule has 174 valence electrons. The number of para-hydroxylation sites is 1. The zero-order valence-electron chi connectivity index (χ0n) is 18.7. The predicted octanol–water partition coefficient (Wildman–Crippen LogP) is 4.11. The van der Waals surface area contributed by atoms with Crippen molar-refractivity contribution in [2.24, 2.45) is 0 Å². The van der Waals surface area contributed by atoms with E-state index < -0.39 is 16.9 Å². The summed E-state index contributed by atoms with van der Waals surface area (Å²) in [5, 5.41) is 0.583. The Kier molecular flexibility index (Phi) is 5.54. The second kappa shape index (κ2) is 8.42. The van der Waals surface area contributed by atoms with Gasteiger partial charge in [-0.15, -0.1) is 6.58 Å². The average molecular weight is 479 g/mol. The van der Waals surface area contributed by atoms with Crippen LogP contribution in [0, 0.1) is 0 Å². The van der Waals surface area contributed by atoms with Crippen LogP contribution in [0.15, 0.2) is 64.3 Å². The van der Waals surface area contributed by atoms with Gasteiger partial charge in [-0.3, -0.25) is 14.4 Å². The number of halogens is 1. The largest absolute Gasteiger partial charge is 0.450 e.